The zero-order chi connectivity index (χ0) is 10.5. The lowest BCUT2D eigenvalue weighted by Gasteiger charge is -2.44. The van der Waals surface area contributed by atoms with E-state index < -0.39 is 0 Å². The summed E-state index contributed by atoms with van der Waals surface area (Å²) in [6.07, 6.45) is 9.89. The van der Waals surface area contributed by atoms with Crippen molar-refractivity contribution in [2.75, 3.05) is 19.6 Å². The quantitative estimate of drug-likeness (QED) is 0.717. The Labute approximate surface area is 94.4 Å². The monoisotopic (exact) mass is 210 g/mol. The van der Waals surface area contributed by atoms with Gasteiger partial charge < -0.3 is 5.32 Å². The van der Waals surface area contributed by atoms with Gasteiger partial charge >= 0.3 is 0 Å². The molecule has 2 heteroatoms. The highest BCUT2D eigenvalue weighted by Gasteiger charge is 2.32. The Kier molecular flexibility index (Phi) is 4.45. The van der Waals surface area contributed by atoms with Crippen molar-refractivity contribution in [1.82, 2.24) is 10.2 Å². The van der Waals surface area contributed by atoms with Crippen LogP contribution in [-0.4, -0.2) is 36.6 Å². The van der Waals surface area contributed by atoms with E-state index >= 15 is 0 Å². The maximum atomic E-state index is 3.70. The van der Waals surface area contributed by atoms with E-state index in [1.54, 1.807) is 0 Å². The van der Waals surface area contributed by atoms with E-state index in [1.807, 2.05) is 0 Å². The molecular weight excluding hydrogens is 184 g/mol. The molecule has 1 aliphatic carbocycles. The summed E-state index contributed by atoms with van der Waals surface area (Å²) in [6.45, 7) is 6.13. The normalized spacial score (nSPS) is 32.6. The summed E-state index contributed by atoms with van der Waals surface area (Å²) >= 11 is 0. The van der Waals surface area contributed by atoms with Crippen LogP contribution in [0.5, 0.6) is 0 Å². The number of hydrogen-bond donors (Lipinski definition) is 1. The van der Waals surface area contributed by atoms with Crippen LogP contribution in [0.25, 0.3) is 0 Å². The van der Waals surface area contributed by atoms with Gasteiger partial charge in [0.2, 0.25) is 0 Å². The third-order valence-electron chi connectivity index (χ3n) is 4.05. The van der Waals surface area contributed by atoms with Gasteiger partial charge in [-0.15, -0.1) is 0 Å². The molecule has 1 heterocycles. The summed E-state index contributed by atoms with van der Waals surface area (Å²) in [5.74, 6) is 0. The number of nitrogens with one attached hydrogen (secondary N) is 1. The molecule has 2 rings (SSSR count). The molecule has 2 aliphatic rings. The van der Waals surface area contributed by atoms with Crippen molar-refractivity contribution >= 4 is 0 Å². The summed E-state index contributed by atoms with van der Waals surface area (Å²) in [7, 11) is 0. The van der Waals surface area contributed by atoms with Crippen LogP contribution in [-0.2, 0) is 0 Å². The Balaban J connectivity index is 1.81. The van der Waals surface area contributed by atoms with Gasteiger partial charge in [0.25, 0.3) is 0 Å². The number of hydrogen-bond acceptors (Lipinski definition) is 2. The van der Waals surface area contributed by atoms with E-state index in [4.69, 9.17) is 0 Å². The summed E-state index contributed by atoms with van der Waals surface area (Å²) in [4.78, 5) is 2.76. The van der Waals surface area contributed by atoms with Crippen molar-refractivity contribution in [1.29, 1.82) is 0 Å². The first-order valence-electron chi connectivity index (χ1n) is 6.89. The average molecular weight is 210 g/mol. The van der Waals surface area contributed by atoms with Crippen LogP contribution in [0.15, 0.2) is 0 Å². The van der Waals surface area contributed by atoms with Gasteiger partial charge in [-0.05, 0) is 25.8 Å². The van der Waals surface area contributed by atoms with E-state index in [0.29, 0.717) is 0 Å². The summed E-state index contributed by atoms with van der Waals surface area (Å²) in [5, 5.41) is 3.70. The summed E-state index contributed by atoms with van der Waals surface area (Å²) in [5.41, 5.74) is 0. The molecule has 0 aromatic heterocycles. The topological polar surface area (TPSA) is 15.3 Å². The smallest absolute Gasteiger partial charge is 0.0249 e. The third-order valence-corrected chi connectivity index (χ3v) is 4.05. The Morgan fingerprint density at radius 3 is 2.93 bits per heavy atom. The van der Waals surface area contributed by atoms with Crippen LogP contribution in [0.2, 0.25) is 0 Å². The third kappa shape index (κ3) is 2.94. The Morgan fingerprint density at radius 2 is 2.07 bits per heavy atom. The lowest BCUT2D eigenvalue weighted by atomic mass is 9.87. The molecule has 0 amide bonds. The fourth-order valence-electron chi connectivity index (χ4n) is 3.19. The highest BCUT2D eigenvalue weighted by molar-refractivity contribution is 4.91. The lowest BCUT2D eigenvalue weighted by Crippen LogP contribution is -2.59. The summed E-state index contributed by atoms with van der Waals surface area (Å²) < 4.78 is 0. The van der Waals surface area contributed by atoms with E-state index in [-0.39, 0.29) is 0 Å². The molecule has 1 saturated heterocycles. The van der Waals surface area contributed by atoms with Crippen LogP contribution in [0.3, 0.4) is 0 Å². The standard InChI is InChI=1S/C13H26N2/c1-2-3-6-10-15-11-9-14-12-7-4-5-8-13(12)15/h12-14H,2-11H2,1H3. The van der Waals surface area contributed by atoms with Gasteiger partial charge in [0.05, 0.1) is 0 Å². The molecule has 1 N–H and O–H groups in total. The van der Waals surface area contributed by atoms with E-state index in [1.165, 1.54) is 64.6 Å². The van der Waals surface area contributed by atoms with Crippen molar-refractivity contribution in [2.45, 2.75) is 64.0 Å². The zero-order valence-corrected chi connectivity index (χ0v) is 10.2. The first-order chi connectivity index (χ1) is 7.42. The van der Waals surface area contributed by atoms with Crippen molar-refractivity contribution in [2.24, 2.45) is 0 Å². The Bertz CT molecular complexity index is 179. The second-order valence-electron chi connectivity index (χ2n) is 5.16. The zero-order valence-electron chi connectivity index (χ0n) is 10.2. The Hall–Kier alpha value is -0.0800. The molecule has 2 fully saturated rings. The molecule has 88 valence electrons. The molecule has 15 heavy (non-hydrogen) atoms. The van der Waals surface area contributed by atoms with Gasteiger partial charge in [-0.3, -0.25) is 4.90 Å². The van der Waals surface area contributed by atoms with Gasteiger partial charge in [0.1, 0.15) is 0 Å². The van der Waals surface area contributed by atoms with Crippen molar-refractivity contribution in [3.63, 3.8) is 0 Å². The minimum absolute atomic E-state index is 0.814. The highest BCUT2D eigenvalue weighted by Crippen LogP contribution is 2.25. The first-order valence-corrected chi connectivity index (χ1v) is 6.89. The highest BCUT2D eigenvalue weighted by atomic mass is 15.2. The minimum atomic E-state index is 0.814. The molecule has 0 radical (unpaired) electrons. The number of piperazine rings is 1. The fourth-order valence-corrected chi connectivity index (χ4v) is 3.19. The molecule has 0 bridgehead atoms. The minimum Gasteiger partial charge on any atom is -0.311 e. The van der Waals surface area contributed by atoms with Crippen LogP contribution in [0.1, 0.15) is 51.9 Å². The van der Waals surface area contributed by atoms with E-state index in [2.05, 4.69) is 17.1 Å². The molecule has 2 nitrogen and oxygen atoms in total. The van der Waals surface area contributed by atoms with Gasteiger partial charge in [-0.25, -0.2) is 0 Å². The molecule has 1 aliphatic heterocycles. The first kappa shape index (κ1) is 11.4. The van der Waals surface area contributed by atoms with E-state index in [9.17, 15) is 0 Å². The van der Waals surface area contributed by atoms with Crippen LogP contribution < -0.4 is 5.32 Å². The molecule has 2 atom stereocenters. The van der Waals surface area contributed by atoms with Crippen molar-refractivity contribution in [3.05, 3.63) is 0 Å². The maximum absolute atomic E-state index is 3.70. The molecule has 0 spiro atoms. The van der Waals surface area contributed by atoms with Crippen LogP contribution >= 0.6 is 0 Å². The van der Waals surface area contributed by atoms with Gasteiger partial charge in [-0.1, -0.05) is 32.6 Å². The van der Waals surface area contributed by atoms with Crippen LogP contribution in [0, 0.1) is 0 Å². The van der Waals surface area contributed by atoms with Gasteiger partial charge in [0.15, 0.2) is 0 Å². The number of nitrogens with zero attached hydrogens (tertiary/aromatic N) is 1. The fraction of sp³-hybridized carbons (Fsp3) is 1.00. The predicted octanol–water partition coefficient (Wildman–Crippen LogP) is 2.39. The van der Waals surface area contributed by atoms with Crippen molar-refractivity contribution < 1.29 is 0 Å². The molecular formula is C13H26N2. The molecule has 0 aromatic carbocycles. The molecule has 0 aromatic rings. The van der Waals surface area contributed by atoms with Crippen LogP contribution in [0.4, 0.5) is 0 Å². The maximum Gasteiger partial charge on any atom is 0.0249 e. The predicted molar refractivity (Wildman–Crippen MR) is 65.1 cm³/mol. The molecule has 1 saturated carbocycles. The van der Waals surface area contributed by atoms with Crippen molar-refractivity contribution in [3.8, 4) is 0 Å². The molecule has 2 unspecified atom stereocenters. The average Bonchev–Trinajstić information content (AvgIpc) is 2.30. The second-order valence-corrected chi connectivity index (χ2v) is 5.16. The number of fused-ring (bicyclic) bond motifs is 1. The lowest BCUT2D eigenvalue weighted by molar-refractivity contribution is 0.0865. The number of unbranched alkanes of at least 4 members (excludes halogenated alkanes) is 2. The van der Waals surface area contributed by atoms with Gasteiger partial charge in [-0.2, -0.15) is 0 Å². The van der Waals surface area contributed by atoms with E-state index in [0.717, 1.165) is 12.1 Å². The Morgan fingerprint density at radius 1 is 1.20 bits per heavy atom. The SMILES string of the molecule is CCCCCN1CCNC2CCCCC21. The number of rotatable bonds is 4. The van der Waals surface area contributed by atoms with Gasteiger partial charge in [0, 0.05) is 25.2 Å². The summed E-state index contributed by atoms with van der Waals surface area (Å²) in [6, 6.07) is 1.68. The largest absolute Gasteiger partial charge is 0.311 e. The second kappa shape index (κ2) is 5.86.